The highest BCUT2D eigenvalue weighted by atomic mass is 79.9. The first-order valence-corrected chi connectivity index (χ1v) is 7.51. The van der Waals surface area contributed by atoms with Crippen molar-refractivity contribution in [2.24, 2.45) is 0 Å². The lowest BCUT2D eigenvalue weighted by Gasteiger charge is -2.12. The van der Waals surface area contributed by atoms with Crippen molar-refractivity contribution in [1.29, 1.82) is 0 Å². The van der Waals surface area contributed by atoms with E-state index in [-0.39, 0.29) is 5.92 Å². The summed E-state index contributed by atoms with van der Waals surface area (Å²) < 4.78 is 0.714. The summed E-state index contributed by atoms with van der Waals surface area (Å²) in [5.41, 5.74) is 1.51. The van der Waals surface area contributed by atoms with E-state index in [1.807, 2.05) is 19.9 Å². The van der Waals surface area contributed by atoms with Gasteiger partial charge in [0.1, 0.15) is 5.15 Å². The van der Waals surface area contributed by atoms with Gasteiger partial charge >= 0.3 is 0 Å². The average Bonchev–Trinajstić information content (AvgIpc) is 2.35. The smallest absolute Gasteiger partial charge is 0.162 e. The van der Waals surface area contributed by atoms with Crippen molar-refractivity contribution in [2.75, 3.05) is 0 Å². The van der Waals surface area contributed by atoms with Gasteiger partial charge in [-0.15, -0.1) is 0 Å². The van der Waals surface area contributed by atoms with Crippen molar-refractivity contribution in [2.45, 2.75) is 19.8 Å². The molecular formula is C13H10BrCl3N2. The summed E-state index contributed by atoms with van der Waals surface area (Å²) in [6, 6.07) is 5.34. The predicted molar refractivity (Wildman–Crippen MR) is 84.3 cm³/mol. The van der Waals surface area contributed by atoms with E-state index in [4.69, 9.17) is 34.8 Å². The molecule has 0 aliphatic rings. The molecule has 0 saturated heterocycles. The van der Waals surface area contributed by atoms with E-state index in [2.05, 4.69) is 25.9 Å². The topological polar surface area (TPSA) is 25.8 Å². The highest BCUT2D eigenvalue weighted by Crippen LogP contribution is 2.35. The van der Waals surface area contributed by atoms with Gasteiger partial charge in [-0.1, -0.05) is 54.7 Å². The van der Waals surface area contributed by atoms with Crippen LogP contribution in [-0.4, -0.2) is 9.97 Å². The molecule has 0 fully saturated rings. The van der Waals surface area contributed by atoms with Crippen molar-refractivity contribution in [1.82, 2.24) is 9.97 Å². The van der Waals surface area contributed by atoms with Crippen molar-refractivity contribution < 1.29 is 0 Å². The molecule has 0 unspecified atom stereocenters. The molecular weight excluding hydrogens is 370 g/mol. The monoisotopic (exact) mass is 378 g/mol. The fourth-order valence-electron chi connectivity index (χ4n) is 1.62. The summed E-state index contributed by atoms with van der Waals surface area (Å²) in [6.07, 6.45) is 0. The second-order valence-corrected chi connectivity index (χ2v) is 6.23. The van der Waals surface area contributed by atoms with Crippen LogP contribution in [0.25, 0.3) is 11.4 Å². The van der Waals surface area contributed by atoms with Gasteiger partial charge in [-0.2, -0.15) is 0 Å². The zero-order chi connectivity index (χ0) is 14.2. The lowest BCUT2D eigenvalue weighted by molar-refractivity contribution is 0.809. The molecule has 19 heavy (non-hydrogen) atoms. The maximum absolute atomic E-state index is 6.19. The van der Waals surface area contributed by atoms with Crippen LogP contribution >= 0.6 is 50.7 Å². The Labute approximate surface area is 135 Å². The molecule has 1 aromatic heterocycles. The molecule has 6 heteroatoms. The minimum Gasteiger partial charge on any atom is -0.231 e. The van der Waals surface area contributed by atoms with Gasteiger partial charge in [0.25, 0.3) is 0 Å². The molecule has 0 amide bonds. The number of aromatic nitrogens is 2. The van der Waals surface area contributed by atoms with Crippen LogP contribution in [0.4, 0.5) is 0 Å². The normalized spacial score (nSPS) is 11.1. The first-order valence-electron chi connectivity index (χ1n) is 5.59. The van der Waals surface area contributed by atoms with E-state index in [0.717, 1.165) is 5.69 Å². The summed E-state index contributed by atoms with van der Waals surface area (Å²) in [4.78, 5) is 8.77. The van der Waals surface area contributed by atoms with Crippen LogP contribution in [0.3, 0.4) is 0 Å². The molecule has 0 bridgehead atoms. The molecule has 2 aromatic rings. The van der Waals surface area contributed by atoms with Crippen molar-refractivity contribution in [3.8, 4) is 11.4 Å². The Morgan fingerprint density at radius 1 is 1.11 bits per heavy atom. The molecule has 1 heterocycles. The minimum atomic E-state index is 0.214. The van der Waals surface area contributed by atoms with Gasteiger partial charge in [0, 0.05) is 5.56 Å². The fraction of sp³-hybridized carbons (Fsp3) is 0.231. The molecule has 0 N–H and O–H groups in total. The van der Waals surface area contributed by atoms with Crippen LogP contribution in [0.1, 0.15) is 25.5 Å². The molecule has 2 rings (SSSR count). The van der Waals surface area contributed by atoms with E-state index in [9.17, 15) is 0 Å². The van der Waals surface area contributed by atoms with Gasteiger partial charge in [-0.25, -0.2) is 9.97 Å². The van der Waals surface area contributed by atoms with Gasteiger partial charge in [0.2, 0.25) is 0 Å². The zero-order valence-corrected chi connectivity index (χ0v) is 14.1. The lowest BCUT2D eigenvalue weighted by atomic mass is 10.1. The van der Waals surface area contributed by atoms with Gasteiger partial charge < -0.3 is 0 Å². The number of benzene rings is 1. The third kappa shape index (κ3) is 3.05. The summed E-state index contributed by atoms with van der Waals surface area (Å²) in [6.45, 7) is 4.07. The third-order valence-corrected chi connectivity index (χ3v) is 4.68. The molecule has 2 nitrogen and oxygen atoms in total. The summed E-state index contributed by atoms with van der Waals surface area (Å²) in [5, 5.41) is 1.26. The maximum atomic E-state index is 6.19. The first-order chi connectivity index (χ1) is 8.91. The van der Waals surface area contributed by atoms with E-state index in [0.29, 0.717) is 31.1 Å². The van der Waals surface area contributed by atoms with Crippen LogP contribution in [0.2, 0.25) is 15.2 Å². The SMILES string of the molecule is CC(C)c1nc(-c2cccc(Cl)c2Cl)nc(Cl)c1Br. The Morgan fingerprint density at radius 3 is 2.42 bits per heavy atom. The molecule has 1 aromatic carbocycles. The van der Waals surface area contributed by atoms with Crippen LogP contribution in [0.5, 0.6) is 0 Å². The van der Waals surface area contributed by atoms with E-state index in [1.54, 1.807) is 12.1 Å². The van der Waals surface area contributed by atoms with Crippen LogP contribution < -0.4 is 0 Å². The van der Waals surface area contributed by atoms with Gasteiger partial charge in [0.05, 0.1) is 20.2 Å². The molecule has 0 atom stereocenters. The molecule has 100 valence electrons. The maximum Gasteiger partial charge on any atom is 0.162 e. The van der Waals surface area contributed by atoms with Crippen molar-refractivity contribution >= 4 is 50.7 Å². The molecule has 0 aliphatic heterocycles. The highest BCUT2D eigenvalue weighted by molar-refractivity contribution is 9.10. The molecule has 0 aliphatic carbocycles. The number of halogens is 4. The highest BCUT2D eigenvalue weighted by Gasteiger charge is 2.16. The second kappa shape index (κ2) is 5.96. The second-order valence-electron chi connectivity index (χ2n) is 4.29. The Hall–Kier alpha value is -0.350. The van der Waals surface area contributed by atoms with Crippen molar-refractivity contribution in [3.05, 3.63) is 43.6 Å². The van der Waals surface area contributed by atoms with E-state index in [1.165, 1.54) is 0 Å². The summed E-state index contributed by atoms with van der Waals surface area (Å²) in [5.74, 6) is 0.691. The van der Waals surface area contributed by atoms with Crippen LogP contribution in [-0.2, 0) is 0 Å². The molecule has 0 saturated carbocycles. The summed E-state index contributed by atoms with van der Waals surface area (Å²) >= 11 is 21.7. The van der Waals surface area contributed by atoms with Gasteiger partial charge in [-0.3, -0.25) is 0 Å². The standard InChI is InChI=1S/C13H10BrCl3N2/c1-6(2)11-9(14)12(17)19-13(18-11)7-4-3-5-8(15)10(7)16/h3-6H,1-2H3. The van der Waals surface area contributed by atoms with E-state index >= 15 is 0 Å². The minimum absolute atomic E-state index is 0.214. The molecule has 0 radical (unpaired) electrons. The van der Waals surface area contributed by atoms with Crippen LogP contribution in [0.15, 0.2) is 22.7 Å². The third-order valence-electron chi connectivity index (χ3n) is 2.58. The molecule has 0 spiro atoms. The number of hydrogen-bond donors (Lipinski definition) is 0. The van der Waals surface area contributed by atoms with Gasteiger partial charge in [0.15, 0.2) is 5.82 Å². The number of rotatable bonds is 2. The van der Waals surface area contributed by atoms with Crippen LogP contribution in [0, 0.1) is 0 Å². The largest absolute Gasteiger partial charge is 0.231 e. The number of hydrogen-bond acceptors (Lipinski definition) is 2. The Bertz CT molecular complexity index is 630. The van der Waals surface area contributed by atoms with Crippen molar-refractivity contribution in [3.63, 3.8) is 0 Å². The Morgan fingerprint density at radius 2 is 1.79 bits per heavy atom. The number of nitrogens with zero attached hydrogens (tertiary/aromatic N) is 2. The Balaban J connectivity index is 2.67. The first kappa shape index (κ1) is 15.0. The summed E-state index contributed by atoms with van der Waals surface area (Å²) in [7, 11) is 0. The average molecular weight is 380 g/mol. The Kier molecular flexibility index (Phi) is 4.72. The predicted octanol–water partition coefficient (Wildman–Crippen LogP) is 5.99. The fourth-order valence-corrected chi connectivity index (χ4v) is 2.81. The van der Waals surface area contributed by atoms with E-state index < -0.39 is 0 Å². The lowest BCUT2D eigenvalue weighted by Crippen LogP contribution is -2.00. The zero-order valence-electron chi connectivity index (χ0n) is 10.2. The van der Waals surface area contributed by atoms with Gasteiger partial charge in [-0.05, 0) is 34.0 Å². The quantitative estimate of drug-likeness (QED) is 0.598.